The van der Waals surface area contributed by atoms with E-state index in [9.17, 15) is 9.59 Å². The van der Waals surface area contributed by atoms with Crippen LogP contribution >= 0.6 is 0 Å². The van der Waals surface area contributed by atoms with Gasteiger partial charge in [-0.25, -0.2) is 0 Å². The van der Waals surface area contributed by atoms with Crippen LogP contribution < -0.4 is 15.0 Å². The molecular weight excluding hydrogens is 492 g/mol. The van der Waals surface area contributed by atoms with Crippen molar-refractivity contribution in [2.75, 3.05) is 49.5 Å². The van der Waals surface area contributed by atoms with Crippen LogP contribution in [0, 0.1) is 5.41 Å². The number of aryl methyl sites for hydroxylation is 1. The maximum atomic E-state index is 13.6. The normalized spacial score (nSPS) is 15.7. The molecule has 206 valence electrons. The first-order valence-corrected chi connectivity index (χ1v) is 13.6. The van der Waals surface area contributed by atoms with Crippen molar-refractivity contribution in [3.8, 4) is 5.75 Å². The predicted molar refractivity (Wildman–Crippen MR) is 152 cm³/mol. The van der Waals surface area contributed by atoms with Crippen molar-refractivity contribution in [3.63, 3.8) is 0 Å². The Morgan fingerprint density at radius 2 is 1.72 bits per heavy atom. The number of carbonyl (C=O) groups is 2. The van der Waals surface area contributed by atoms with Crippen LogP contribution in [0.2, 0.25) is 0 Å². The fourth-order valence-corrected chi connectivity index (χ4v) is 4.94. The lowest BCUT2D eigenvalue weighted by molar-refractivity contribution is -0.135. The van der Waals surface area contributed by atoms with Crippen LogP contribution in [-0.4, -0.2) is 70.7 Å². The maximum Gasteiger partial charge on any atom is 0.260 e. The third kappa shape index (κ3) is 6.25. The Hall–Kier alpha value is -3.85. The molecule has 0 radical (unpaired) electrons. The molecule has 1 fully saturated rings. The summed E-state index contributed by atoms with van der Waals surface area (Å²) in [5.41, 5.74) is 3.46. The smallest absolute Gasteiger partial charge is 0.260 e. The molecule has 0 aliphatic carbocycles. The summed E-state index contributed by atoms with van der Waals surface area (Å²) in [4.78, 5) is 32.4. The first kappa shape index (κ1) is 26.7. The molecule has 1 aromatic heterocycles. The Bertz CT molecular complexity index is 1320. The number of benzene rings is 2. The quantitative estimate of drug-likeness (QED) is 0.512. The zero-order chi connectivity index (χ0) is 27.6. The monoisotopic (exact) mass is 530 g/mol. The topological polar surface area (TPSA) is 82.9 Å². The van der Waals surface area contributed by atoms with E-state index in [1.807, 2.05) is 36.2 Å². The Morgan fingerprint density at radius 3 is 2.44 bits per heavy atom. The largest absolute Gasteiger partial charge is 0.484 e. The van der Waals surface area contributed by atoms with Crippen molar-refractivity contribution in [1.82, 2.24) is 19.6 Å². The van der Waals surface area contributed by atoms with E-state index in [1.165, 1.54) is 0 Å². The number of hydrogen-bond donors (Lipinski definition) is 1. The van der Waals surface area contributed by atoms with Gasteiger partial charge in [-0.3, -0.25) is 19.2 Å². The van der Waals surface area contributed by atoms with Crippen molar-refractivity contribution in [3.05, 3.63) is 65.9 Å². The Kier molecular flexibility index (Phi) is 7.61. The summed E-state index contributed by atoms with van der Waals surface area (Å²) in [6.45, 7) is 11.5. The molecule has 1 saturated heterocycles. The molecule has 9 heteroatoms. The Labute approximate surface area is 230 Å². The minimum Gasteiger partial charge on any atom is -0.484 e. The lowest BCUT2D eigenvalue weighted by Gasteiger charge is -2.35. The number of ether oxygens (including phenoxy) is 1. The molecule has 5 rings (SSSR count). The summed E-state index contributed by atoms with van der Waals surface area (Å²) in [7, 11) is 1.88. The fourth-order valence-electron chi connectivity index (χ4n) is 4.94. The molecule has 2 aliphatic rings. The summed E-state index contributed by atoms with van der Waals surface area (Å²) < 4.78 is 7.57. The number of carbonyl (C=O) groups excluding carboxylic acids is 2. The van der Waals surface area contributed by atoms with Gasteiger partial charge in [0.2, 0.25) is 0 Å². The molecule has 0 unspecified atom stereocenters. The molecule has 3 heterocycles. The molecule has 2 aliphatic heterocycles. The number of anilines is 3. The van der Waals surface area contributed by atoms with Gasteiger partial charge < -0.3 is 19.9 Å². The maximum absolute atomic E-state index is 13.6. The molecule has 0 spiro atoms. The van der Waals surface area contributed by atoms with E-state index in [4.69, 9.17) is 4.74 Å². The lowest BCUT2D eigenvalue weighted by atomic mass is 9.92. The second-order valence-electron chi connectivity index (χ2n) is 11.5. The molecule has 2 aromatic carbocycles. The second-order valence-corrected chi connectivity index (χ2v) is 11.5. The van der Waals surface area contributed by atoms with E-state index in [0.29, 0.717) is 23.3 Å². The first-order valence-electron chi connectivity index (χ1n) is 13.6. The van der Waals surface area contributed by atoms with Gasteiger partial charge >= 0.3 is 0 Å². The average Bonchev–Trinajstić information content (AvgIpc) is 3.18. The van der Waals surface area contributed by atoms with Gasteiger partial charge in [0.15, 0.2) is 6.61 Å². The number of fused-ring (bicyclic) bond motifs is 2. The fraction of sp³-hybridized carbons (Fsp3) is 0.433. The van der Waals surface area contributed by atoms with Crippen LogP contribution in [0.5, 0.6) is 5.75 Å². The molecule has 39 heavy (non-hydrogen) atoms. The number of piperazine rings is 1. The van der Waals surface area contributed by atoms with Crippen molar-refractivity contribution in [2.45, 2.75) is 33.7 Å². The lowest BCUT2D eigenvalue weighted by Crippen LogP contribution is -2.50. The number of para-hydroxylation sites is 2. The minimum atomic E-state index is -0.118. The van der Waals surface area contributed by atoms with E-state index in [-0.39, 0.29) is 18.4 Å². The average molecular weight is 531 g/mol. The highest BCUT2D eigenvalue weighted by Crippen LogP contribution is 2.36. The van der Waals surface area contributed by atoms with Gasteiger partial charge in [-0.1, -0.05) is 32.9 Å². The molecule has 0 saturated carbocycles. The van der Waals surface area contributed by atoms with Crippen molar-refractivity contribution >= 4 is 29.0 Å². The molecule has 1 N–H and O–H groups in total. The molecule has 0 atom stereocenters. The predicted octanol–water partition coefficient (Wildman–Crippen LogP) is 4.28. The number of hydrogen-bond acceptors (Lipinski definition) is 6. The van der Waals surface area contributed by atoms with Crippen LogP contribution in [0.4, 0.5) is 17.2 Å². The number of amides is 2. The number of rotatable bonds is 6. The number of nitrogens with zero attached hydrogens (tertiary/aromatic N) is 5. The molecule has 0 bridgehead atoms. The van der Waals surface area contributed by atoms with E-state index in [0.717, 1.165) is 61.9 Å². The number of aromatic nitrogens is 2. The van der Waals surface area contributed by atoms with Crippen LogP contribution in [0.25, 0.3) is 0 Å². The minimum absolute atomic E-state index is 0.00780. The number of nitrogens with one attached hydrogen (secondary N) is 1. The highest BCUT2D eigenvalue weighted by Gasteiger charge is 2.27. The summed E-state index contributed by atoms with van der Waals surface area (Å²) >= 11 is 0. The third-order valence-corrected chi connectivity index (χ3v) is 7.40. The van der Waals surface area contributed by atoms with Gasteiger partial charge in [0.1, 0.15) is 11.6 Å². The van der Waals surface area contributed by atoms with Gasteiger partial charge in [0.25, 0.3) is 11.8 Å². The van der Waals surface area contributed by atoms with Crippen LogP contribution in [0.15, 0.2) is 54.7 Å². The Morgan fingerprint density at radius 1 is 1.00 bits per heavy atom. The van der Waals surface area contributed by atoms with Crippen molar-refractivity contribution in [2.24, 2.45) is 12.5 Å². The summed E-state index contributed by atoms with van der Waals surface area (Å²) in [5.74, 6) is 1.31. The molecule has 3 aromatic rings. The van der Waals surface area contributed by atoms with Crippen LogP contribution in [0.1, 0.15) is 43.1 Å². The zero-order valence-electron chi connectivity index (χ0n) is 23.3. The van der Waals surface area contributed by atoms with Gasteiger partial charge in [0.05, 0.1) is 24.1 Å². The zero-order valence-corrected chi connectivity index (χ0v) is 23.3. The van der Waals surface area contributed by atoms with E-state index >= 15 is 0 Å². The van der Waals surface area contributed by atoms with Gasteiger partial charge in [-0.2, -0.15) is 5.10 Å². The highest BCUT2D eigenvalue weighted by atomic mass is 16.5. The summed E-state index contributed by atoms with van der Waals surface area (Å²) in [6.07, 6.45) is 2.93. The van der Waals surface area contributed by atoms with Crippen LogP contribution in [0.3, 0.4) is 0 Å². The molecule has 2 amide bonds. The van der Waals surface area contributed by atoms with Crippen molar-refractivity contribution in [1.29, 1.82) is 0 Å². The van der Waals surface area contributed by atoms with Gasteiger partial charge in [-0.15, -0.1) is 0 Å². The first-order chi connectivity index (χ1) is 18.7. The van der Waals surface area contributed by atoms with Gasteiger partial charge in [0, 0.05) is 44.4 Å². The SMILES string of the molecule is Cn1ncc2c1Nc1ccccc1N(C(=O)c1ccc(OCC(=O)N3CCN(CCC(C)(C)C)CC3)cc1)C2. The van der Waals surface area contributed by atoms with Gasteiger partial charge in [-0.05, 0) is 54.8 Å². The van der Waals surface area contributed by atoms with E-state index in [1.54, 1.807) is 40.0 Å². The summed E-state index contributed by atoms with van der Waals surface area (Å²) in [6, 6.07) is 14.8. The van der Waals surface area contributed by atoms with Crippen LogP contribution in [-0.2, 0) is 18.4 Å². The molecular formula is C30H38N6O3. The van der Waals surface area contributed by atoms with Crippen molar-refractivity contribution < 1.29 is 14.3 Å². The standard InChI is InChI=1S/C30H38N6O3/c1-30(2,3)13-14-34-15-17-35(18-16-34)27(37)21-39-24-11-9-22(10-12-24)29(38)36-20-23-19-31-33(4)28(23)32-25-7-5-6-8-26(25)36/h5-12,19,32H,13-18,20-21H2,1-4H3. The third-order valence-electron chi connectivity index (χ3n) is 7.40. The molecule has 9 nitrogen and oxygen atoms in total. The Balaban J connectivity index is 1.18. The summed E-state index contributed by atoms with van der Waals surface area (Å²) in [5, 5.41) is 7.76. The second kappa shape index (κ2) is 11.1. The van der Waals surface area contributed by atoms with E-state index < -0.39 is 0 Å². The highest BCUT2D eigenvalue weighted by molar-refractivity contribution is 6.08. The van der Waals surface area contributed by atoms with E-state index in [2.05, 4.69) is 36.1 Å².